The van der Waals surface area contributed by atoms with E-state index in [1.54, 1.807) is 11.8 Å². The van der Waals surface area contributed by atoms with Crippen molar-refractivity contribution in [3.63, 3.8) is 0 Å². The van der Waals surface area contributed by atoms with Crippen LogP contribution in [0, 0.1) is 0 Å². The van der Waals surface area contributed by atoms with E-state index in [1.807, 2.05) is 42.5 Å². The Kier molecular flexibility index (Phi) is 4.18. The van der Waals surface area contributed by atoms with Gasteiger partial charge in [0.2, 0.25) is 0 Å². The summed E-state index contributed by atoms with van der Waals surface area (Å²) in [4.78, 5) is 17.5. The minimum Gasteiger partial charge on any atom is -0.343 e. The molecule has 0 amide bonds. The van der Waals surface area contributed by atoms with E-state index in [-0.39, 0.29) is 5.56 Å². The number of anilines is 2. The molecule has 0 unspecified atom stereocenters. The summed E-state index contributed by atoms with van der Waals surface area (Å²) in [7, 11) is 2.08. The number of aromatic nitrogens is 2. The van der Waals surface area contributed by atoms with Gasteiger partial charge >= 0.3 is 0 Å². The average Bonchev–Trinajstić information content (AvgIpc) is 3.03. The second-order valence-electron chi connectivity index (χ2n) is 6.98. The first kappa shape index (κ1) is 17.6. The molecule has 1 aliphatic rings. The van der Waals surface area contributed by atoms with Crippen molar-refractivity contribution >= 4 is 35.8 Å². The number of hydrogen-bond donors (Lipinski definition) is 1. The lowest BCUT2D eigenvalue weighted by molar-refractivity contribution is 0.838. The minimum absolute atomic E-state index is 0.103. The number of hydrogen-bond acceptors (Lipinski definition) is 3. The molecule has 5 rings (SSSR count). The van der Waals surface area contributed by atoms with Crippen molar-refractivity contribution in [2.75, 3.05) is 11.9 Å². The van der Waals surface area contributed by atoms with Gasteiger partial charge in [-0.2, -0.15) is 0 Å². The smallest absolute Gasteiger partial charge is 0.279 e. The van der Waals surface area contributed by atoms with E-state index in [0.29, 0.717) is 10.6 Å². The third kappa shape index (κ3) is 3.00. The molecule has 5 heteroatoms. The monoisotopic (exact) mass is 397 g/mol. The van der Waals surface area contributed by atoms with E-state index >= 15 is 0 Å². The SMILES string of the molecule is C=c1[nH]n(-c2ccccc2)c(=O)/c1=C\c1ccc2c(c1)Sc1ccccc1N2C. The van der Waals surface area contributed by atoms with Crippen molar-refractivity contribution in [1.29, 1.82) is 0 Å². The second-order valence-corrected chi connectivity index (χ2v) is 8.06. The van der Waals surface area contributed by atoms with E-state index in [4.69, 9.17) is 0 Å². The lowest BCUT2D eigenvalue weighted by Gasteiger charge is -2.29. The summed E-state index contributed by atoms with van der Waals surface area (Å²) >= 11 is 1.75. The molecule has 1 aliphatic heterocycles. The van der Waals surface area contributed by atoms with Crippen LogP contribution in [0.5, 0.6) is 0 Å². The highest BCUT2D eigenvalue weighted by Gasteiger charge is 2.20. The fourth-order valence-electron chi connectivity index (χ4n) is 3.62. The lowest BCUT2D eigenvalue weighted by Crippen LogP contribution is -2.33. The summed E-state index contributed by atoms with van der Waals surface area (Å²) in [6.45, 7) is 4.03. The van der Waals surface area contributed by atoms with E-state index in [0.717, 1.165) is 16.9 Å². The summed E-state index contributed by atoms with van der Waals surface area (Å²) in [5, 5.41) is 4.26. The van der Waals surface area contributed by atoms with Crippen LogP contribution in [0.3, 0.4) is 0 Å². The van der Waals surface area contributed by atoms with Gasteiger partial charge in [0, 0.05) is 16.8 Å². The number of H-pyrrole nitrogens is 1. The van der Waals surface area contributed by atoms with Gasteiger partial charge in [-0.05, 0) is 48.0 Å². The van der Waals surface area contributed by atoms with Gasteiger partial charge in [-0.25, -0.2) is 4.68 Å². The molecule has 2 heterocycles. The normalized spacial score (nSPS) is 13.3. The first-order valence-electron chi connectivity index (χ1n) is 9.33. The van der Waals surface area contributed by atoms with E-state index in [1.165, 1.54) is 20.2 Å². The van der Waals surface area contributed by atoms with E-state index in [9.17, 15) is 4.79 Å². The Morgan fingerprint density at radius 3 is 2.48 bits per heavy atom. The molecule has 4 aromatic rings. The van der Waals surface area contributed by atoms with Crippen molar-refractivity contribution in [2.24, 2.45) is 0 Å². The number of rotatable bonds is 2. The van der Waals surface area contributed by atoms with Crippen LogP contribution in [0.2, 0.25) is 0 Å². The molecular weight excluding hydrogens is 378 g/mol. The molecule has 0 saturated carbocycles. The van der Waals surface area contributed by atoms with Crippen molar-refractivity contribution < 1.29 is 0 Å². The molecule has 4 nitrogen and oxygen atoms in total. The minimum atomic E-state index is -0.103. The van der Waals surface area contributed by atoms with Gasteiger partial charge in [0.25, 0.3) is 5.56 Å². The molecular formula is C24H19N3OS. The zero-order chi connectivity index (χ0) is 20.0. The van der Waals surface area contributed by atoms with Crippen LogP contribution in [-0.4, -0.2) is 16.8 Å². The van der Waals surface area contributed by atoms with Gasteiger partial charge in [-0.1, -0.05) is 54.7 Å². The zero-order valence-electron chi connectivity index (χ0n) is 15.9. The molecule has 1 aromatic heterocycles. The van der Waals surface area contributed by atoms with Gasteiger partial charge in [-0.3, -0.25) is 9.89 Å². The highest BCUT2D eigenvalue weighted by atomic mass is 32.2. The van der Waals surface area contributed by atoms with E-state index < -0.39 is 0 Å². The molecule has 0 fully saturated rings. The van der Waals surface area contributed by atoms with Crippen molar-refractivity contribution in [3.05, 3.63) is 99.3 Å². The quantitative estimate of drug-likeness (QED) is 0.562. The first-order chi connectivity index (χ1) is 14.1. The van der Waals surface area contributed by atoms with Crippen LogP contribution in [0.1, 0.15) is 5.56 Å². The predicted molar refractivity (Wildman–Crippen MR) is 120 cm³/mol. The molecule has 0 aliphatic carbocycles. The van der Waals surface area contributed by atoms with Crippen LogP contribution >= 0.6 is 11.8 Å². The summed E-state index contributed by atoms with van der Waals surface area (Å²) in [5.74, 6) is 0. The predicted octanol–water partition coefficient (Wildman–Crippen LogP) is 3.64. The van der Waals surface area contributed by atoms with Gasteiger partial charge in [0.15, 0.2) is 0 Å². The topological polar surface area (TPSA) is 41.0 Å². The standard InChI is InChI=1S/C24H19N3OS/c1-16-19(24(28)27(25-16)18-8-4-3-5-9-18)14-17-12-13-21-23(15-17)29-22-11-7-6-10-20(22)26(21)2/h3-15,25H,1H2,2H3/b19-14-. The second kappa shape index (κ2) is 6.87. The number of benzene rings is 3. The molecule has 0 atom stereocenters. The molecule has 3 aromatic carbocycles. The highest BCUT2D eigenvalue weighted by Crippen LogP contribution is 2.47. The van der Waals surface area contributed by atoms with Gasteiger partial charge in [0.1, 0.15) is 0 Å². The largest absolute Gasteiger partial charge is 0.343 e. The zero-order valence-corrected chi connectivity index (χ0v) is 16.7. The van der Waals surface area contributed by atoms with Crippen molar-refractivity contribution in [3.8, 4) is 5.69 Å². The molecule has 142 valence electrons. The van der Waals surface area contributed by atoms with Gasteiger partial charge in [0.05, 0.1) is 27.6 Å². The van der Waals surface area contributed by atoms with Crippen LogP contribution in [0.25, 0.3) is 18.3 Å². The number of fused-ring (bicyclic) bond motifs is 2. The molecule has 0 radical (unpaired) electrons. The summed E-state index contributed by atoms with van der Waals surface area (Å²) in [5.41, 5.74) is 4.04. The summed E-state index contributed by atoms with van der Waals surface area (Å²) in [6.07, 6.45) is 1.90. The maximum atomic E-state index is 12.9. The number of nitrogens with one attached hydrogen (secondary N) is 1. The summed E-state index contributed by atoms with van der Waals surface area (Å²) in [6, 6.07) is 24.2. The molecule has 0 spiro atoms. The van der Waals surface area contributed by atoms with Crippen molar-refractivity contribution in [1.82, 2.24) is 9.78 Å². The fourth-order valence-corrected chi connectivity index (χ4v) is 4.82. The van der Waals surface area contributed by atoms with E-state index in [2.05, 4.69) is 60.0 Å². The van der Waals surface area contributed by atoms with Crippen LogP contribution in [-0.2, 0) is 0 Å². The molecule has 1 N–H and O–H groups in total. The lowest BCUT2D eigenvalue weighted by atomic mass is 10.1. The molecule has 29 heavy (non-hydrogen) atoms. The van der Waals surface area contributed by atoms with Gasteiger partial charge < -0.3 is 4.90 Å². The fraction of sp³-hybridized carbons (Fsp3) is 0.0417. The Balaban J connectivity index is 1.60. The Morgan fingerprint density at radius 2 is 1.66 bits per heavy atom. The van der Waals surface area contributed by atoms with Crippen molar-refractivity contribution in [2.45, 2.75) is 9.79 Å². The third-order valence-electron chi connectivity index (χ3n) is 5.12. The van der Waals surface area contributed by atoms with Gasteiger partial charge in [-0.15, -0.1) is 0 Å². The number of para-hydroxylation sites is 2. The average molecular weight is 398 g/mol. The van der Waals surface area contributed by atoms with Crippen LogP contribution < -0.4 is 21.0 Å². The third-order valence-corrected chi connectivity index (χ3v) is 6.23. The van der Waals surface area contributed by atoms with Crippen LogP contribution in [0.15, 0.2) is 87.4 Å². The molecule has 0 saturated heterocycles. The highest BCUT2D eigenvalue weighted by molar-refractivity contribution is 7.99. The van der Waals surface area contributed by atoms with Crippen LogP contribution in [0.4, 0.5) is 11.4 Å². The Hall–Kier alpha value is -3.44. The molecule has 0 bridgehead atoms. The summed E-state index contributed by atoms with van der Waals surface area (Å²) < 4.78 is 1.53. The maximum absolute atomic E-state index is 12.9. The Bertz CT molecular complexity index is 1390. The number of aromatic amines is 1. The number of nitrogens with zero attached hydrogens (tertiary/aromatic N) is 2. The first-order valence-corrected chi connectivity index (χ1v) is 10.2. The Morgan fingerprint density at radius 1 is 0.931 bits per heavy atom. The maximum Gasteiger partial charge on any atom is 0.279 e. The Labute approximate surface area is 172 Å².